The third kappa shape index (κ3) is 3.37. The molecule has 1 heterocycles. The molecule has 1 aromatic heterocycles. The molecule has 0 saturated carbocycles. The normalized spacial score (nSPS) is 11.6. The molecule has 1 aromatic rings. The van der Waals surface area contributed by atoms with Gasteiger partial charge in [0, 0.05) is 13.1 Å². The molecule has 1 rings (SSSR count). The highest BCUT2D eigenvalue weighted by Gasteiger charge is 2.11. The zero-order chi connectivity index (χ0) is 12.3. The summed E-state index contributed by atoms with van der Waals surface area (Å²) in [5.41, 5.74) is 0.553. The first-order chi connectivity index (χ1) is 7.30. The summed E-state index contributed by atoms with van der Waals surface area (Å²) in [5.74, 6) is 0.737. The van der Waals surface area contributed by atoms with E-state index in [0.29, 0.717) is 11.7 Å². The van der Waals surface area contributed by atoms with Gasteiger partial charge in [-0.15, -0.1) is 0 Å². The van der Waals surface area contributed by atoms with Gasteiger partial charge in [0.15, 0.2) is 0 Å². The second kappa shape index (κ2) is 4.69. The SMILES string of the molecule is CC(C)Nc1ccc(N(C)S(C)(=O)=O)cn1. The lowest BCUT2D eigenvalue weighted by Crippen LogP contribution is -2.25. The smallest absolute Gasteiger partial charge is 0.232 e. The van der Waals surface area contributed by atoms with Crippen LogP contribution in [0.15, 0.2) is 18.3 Å². The summed E-state index contributed by atoms with van der Waals surface area (Å²) in [5, 5.41) is 3.13. The van der Waals surface area contributed by atoms with E-state index in [-0.39, 0.29) is 0 Å². The minimum Gasteiger partial charge on any atom is -0.368 e. The number of anilines is 2. The van der Waals surface area contributed by atoms with E-state index in [1.807, 2.05) is 13.8 Å². The zero-order valence-electron chi connectivity index (χ0n) is 9.93. The second-order valence-corrected chi connectivity index (χ2v) is 5.94. The van der Waals surface area contributed by atoms with E-state index >= 15 is 0 Å². The second-order valence-electron chi connectivity index (χ2n) is 3.93. The Balaban J connectivity index is 2.87. The predicted octanol–water partition coefficient (Wildman–Crippen LogP) is 1.30. The van der Waals surface area contributed by atoms with Gasteiger partial charge >= 0.3 is 0 Å². The molecule has 16 heavy (non-hydrogen) atoms. The molecule has 0 radical (unpaired) electrons. The number of aromatic nitrogens is 1. The average molecular weight is 243 g/mol. The Labute approximate surface area is 96.5 Å². The molecule has 0 fully saturated rings. The maximum absolute atomic E-state index is 11.3. The number of hydrogen-bond donors (Lipinski definition) is 1. The molecule has 1 N–H and O–H groups in total. The molecule has 0 atom stereocenters. The van der Waals surface area contributed by atoms with Gasteiger partial charge in [-0.25, -0.2) is 13.4 Å². The molecule has 5 nitrogen and oxygen atoms in total. The van der Waals surface area contributed by atoms with E-state index in [1.54, 1.807) is 12.1 Å². The van der Waals surface area contributed by atoms with Gasteiger partial charge in [0.05, 0.1) is 18.1 Å². The Kier molecular flexibility index (Phi) is 3.74. The maximum Gasteiger partial charge on any atom is 0.232 e. The highest BCUT2D eigenvalue weighted by atomic mass is 32.2. The molecule has 0 amide bonds. The molecule has 0 bridgehead atoms. The van der Waals surface area contributed by atoms with E-state index in [0.717, 1.165) is 12.1 Å². The molecule has 0 aliphatic heterocycles. The van der Waals surface area contributed by atoms with Crippen LogP contribution in [-0.2, 0) is 10.0 Å². The Morgan fingerprint density at radius 3 is 2.38 bits per heavy atom. The zero-order valence-corrected chi connectivity index (χ0v) is 10.7. The number of hydrogen-bond acceptors (Lipinski definition) is 4. The van der Waals surface area contributed by atoms with E-state index < -0.39 is 10.0 Å². The third-order valence-corrected chi connectivity index (χ3v) is 3.25. The van der Waals surface area contributed by atoms with Crippen molar-refractivity contribution >= 4 is 21.5 Å². The fraction of sp³-hybridized carbons (Fsp3) is 0.500. The van der Waals surface area contributed by atoms with Gasteiger partial charge in [-0.1, -0.05) is 0 Å². The fourth-order valence-corrected chi connectivity index (χ4v) is 1.64. The number of pyridine rings is 1. The first kappa shape index (κ1) is 12.8. The quantitative estimate of drug-likeness (QED) is 0.865. The van der Waals surface area contributed by atoms with Crippen molar-refractivity contribution in [2.75, 3.05) is 22.9 Å². The Morgan fingerprint density at radius 2 is 2.00 bits per heavy atom. The van der Waals surface area contributed by atoms with Crippen molar-refractivity contribution in [3.63, 3.8) is 0 Å². The summed E-state index contributed by atoms with van der Waals surface area (Å²) < 4.78 is 23.7. The highest BCUT2D eigenvalue weighted by Crippen LogP contribution is 2.16. The summed E-state index contributed by atoms with van der Waals surface area (Å²) >= 11 is 0. The first-order valence-electron chi connectivity index (χ1n) is 4.97. The minimum absolute atomic E-state index is 0.297. The maximum atomic E-state index is 11.3. The first-order valence-corrected chi connectivity index (χ1v) is 6.82. The number of nitrogens with one attached hydrogen (secondary N) is 1. The third-order valence-electron chi connectivity index (χ3n) is 2.05. The van der Waals surface area contributed by atoms with E-state index in [1.165, 1.54) is 17.5 Å². The van der Waals surface area contributed by atoms with Gasteiger partial charge < -0.3 is 5.32 Å². The molecule has 0 unspecified atom stereocenters. The lowest BCUT2D eigenvalue weighted by atomic mass is 10.3. The van der Waals surface area contributed by atoms with Crippen molar-refractivity contribution < 1.29 is 8.42 Å². The number of nitrogens with zero attached hydrogens (tertiary/aromatic N) is 2. The molecule has 6 heteroatoms. The summed E-state index contributed by atoms with van der Waals surface area (Å²) in [6.45, 7) is 4.02. The van der Waals surface area contributed by atoms with Crippen molar-refractivity contribution in [1.82, 2.24) is 4.98 Å². The van der Waals surface area contributed by atoms with Gasteiger partial charge in [-0.2, -0.15) is 0 Å². The van der Waals surface area contributed by atoms with Crippen LogP contribution >= 0.6 is 0 Å². The van der Waals surface area contributed by atoms with Crippen molar-refractivity contribution in [2.24, 2.45) is 0 Å². The monoisotopic (exact) mass is 243 g/mol. The van der Waals surface area contributed by atoms with Crippen LogP contribution in [0.2, 0.25) is 0 Å². The van der Waals surface area contributed by atoms with Crippen molar-refractivity contribution in [3.8, 4) is 0 Å². The number of rotatable bonds is 4. The summed E-state index contributed by atoms with van der Waals surface area (Å²) in [7, 11) is -1.72. The Morgan fingerprint density at radius 1 is 1.38 bits per heavy atom. The Hall–Kier alpha value is -1.30. The molecule has 0 saturated heterocycles. The van der Waals surface area contributed by atoms with E-state index in [4.69, 9.17) is 0 Å². The molecule has 0 aliphatic carbocycles. The van der Waals surface area contributed by atoms with Crippen LogP contribution in [0.1, 0.15) is 13.8 Å². The molecule has 90 valence electrons. The van der Waals surface area contributed by atoms with Crippen LogP contribution in [-0.4, -0.2) is 32.7 Å². The lowest BCUT2D eigenvalue weighted by Gasteiger charge is -2.16. The summed E-state index contributed by atoms with van der Waals surface area (Å²) in [6.07, 6.45) is 2.69. The van der Waals surface area contributed by atoms with Gasteiger partial charge in [0.1, 0.15) is 5.82 Å². The van der Waals surface area contributed by atoms with Crippen LogP contribution < -0.4 is 9.62 Å². The molecule has 0 spiro atoms. The minimum atomic E-state index is -3.22. The van der Waals surface area contributed by atoms with Gasteiger partial charge in [0.25, 0.3) is 0 Å². The standard InChI is InChI=1S/C10H17N3O2S/c1-8(2)12-10-6-5-9(7-11-10)13(3)16(4,14)15/h5-8H,1-4H3,(H,11,12). The van der Waals surface area contributed by atoms with Gasteiger partial charge in [-0.05, 0) is 26.0 Å². The van der Waals surface area contributed by atoms with Crippen LogP contribution in [0.25, 0.3) is 0 Å². The van der Waals surface area contributed by atoms with Crippen molar-refractivity contribution in [2.45, 2.75) is 19.9 Å². The van der Waals surface area contributed by atoms with Gasteiger partial charge in [-0.3, -0.25) is 4.31 Å². The fourth-order valence-electron chi connectivity index (χ4n) is 1.14. The largest absolute Gasteiger partial charge is 0.368 e. The van der Waals surface area contributed by atoms with Crippen LogP contribution in [0.5, 0.6) is 0 Å². The molecular formula is C10H17N3O2S. The predicted molar refractivity (Wildman–Crippen MR) is 66.2 cm³/mol. The van der Waals surface area contributed by atoms with Crippen LogP contribution in [0, 0.1) is 0 Å². The average Bonchev–Trinajstić information content (AvgIpc) is 2.15. The van der Waals surface area contributed by atoms with Crippen LogP contribution in [0.3, 0.4) is 0 Å². The van der Waals surface area contributed by atoms with Crippen molar-refractivity contribution in [1.29, 1.82) is 0 Å². The molecular weight excluding hydrogens is 226 g/mol. The Bertz CT molecular complexity index is 440. The lowest BCUT2D eigenvalue weighted by molar-refractivity contribution is 0.600. The summed E-state index contributed by atoms with van der Waals surface area (Å²) in [4.78, 5) is 4.14. The molecule has 0 aromatic carbocycles. The molecule has 0 aliphatic rings. The van der Waals surface area contributed by atoms with E-state index in [9.17, 15) is 8.42 Å². The van der Waals surface area contributed by atoms with Crippen LogP contribution in [0.4, 0.5) is 11.5 Å². The summed E-state index contributed by atoms with van der Waals surface area (Å²) in [6, 6.07) is 3.78. The number of sulfonamides is 1. The topological polar surface area (TPSA) is 62.3 Å². The van der Waals surface area contributed by atoms with E-state index in [2.05, 4.69) is 10.3 Å². The highest BCUT2D eigenvalue weighted by molar-refractivity contribution is 7.92. The van der Waals surface area contributed by atoms with Gasteiger partial charge in [0.2, 0.25) is 10.0 Å². The van der Waals surface area contributed by atoms with Crippen molar-refractivity contribution in [3.05, 3.63) is 18.3 Å².